The van der Waals surface area contributed by atoms with Crippen molar-refractivity contribution in [2.24, 2.45) is 0 Å². The third kappa shape index (κ3) is 9.43. The Morgan fingerprint density at radius 2 is 1.70 bits per heavy atom. The van der Waals surface area contributed by atoms with Gasteiger partial charge in [0.2, 0.25) is 10.0 Å². The molecule has 3 aromatic carbocycles. The number of para-hydroxylation sites is 1. The summed E-state index contributed by atoms with van der Waals surface area (Å²) in [7, 11) is -3.25. The molecule has 0 amide bonds. The van der Waals surface area contributed by atoms with Gasteiger partial charge in [-0.05, 0) is 60.1 Å². The molecule has 0 radical (unpaired) electrons. The molecule has 0 aliphatic heterocycles. The molecule has 1 aliphatic rings. The van der Waals surface area contributed by atoms with Crippen LogP contribution in [0.2, 0.25) is 0 Å². The van der Waals surface area contributed by atoms with Gasteiger partial charge in [0, 0.05) is 25.7 Å². The third-order valence-electron chi connectivity index (χ3n) is 6.62. The van der Waals surface area contributed by atoms with E-state index in [1.54, 1.807) is 0 Å². The lowest BCUT2D eigenvalue weighted by Crippen LogP contribution is -2.42. The zero-order valence-electron chi connectivity index (χ0n) is 21.3. The van der Waals surface area contributed by atoms with Crippen molar-refractivity contribution in [2.45, 2.75) is 50.9 Å². The number of rotatable bonds is 11. The van der Waals surface area contributed by atoms with E-state index in [0.29, 0.717) is 13.1 Å². The first-order valence-corrected chi connectivity index (χ1v) is 14.4. The molecule has 0 bridgehead atoms. The lowest BCUT2D eigenvalue weighted by molar-refractivity contribution is 0.0463. The van der Waals surface area contributed by atoms with Gasteiger partial charge < -0.3 is 9.84 Å². The van der Waals surface area contributed by atoms with Gasteiger partial charge in [-0.1, -0.05) is 66.7 Å². The molecule has 1 aliphatic carbocycles. The molecule has 8 heteroatoms. The molecule has 6 nitrogen and oxygen atoms in total. The molecule has 1 unspecified atom stereocenters. The van der Waals surface area contributed by atoms with Crippen LogP contribution in [0.4, 0.5) is 0 Å². The van der Waals surface area contributed by atoms with Crippen LogP contribution in [-0.4, -0.2) is 50.0 Å². The van der Waals surface area contributed by atoms with Crippen molar-refractivity contribution >= 4 is 22.4 Å². The molecule has 0 heterocycles. The zero-order chi connectivity index (χ0) is 25.4. The van der Waals surface area contributed by atoms with E-state index in [4.69, 9.17) is 4.74 Å². The Morgan fingerprint density at radius 1 is 1.00 bits per heavy atom. The predicted octanol–water partition coefficient (Wildman–Crippen LogP) is 4.35. The number of nitrogens with one attached hydrogen (secondary N) is 1. The largest absolute Gasteiger partial charge is 0.491 e. The van der Waals surface area contributed by atoms with Crippen molar-refractivity contribution in [3.8, 4) is 5.75 Å². The number of aliphatic hydroxyl groups is 1. The Bertz CT molecular complexity index is 1210. The number of hydrogen-bond acceptors (Lipinski definition) is 5. The highest BCUT2D eigenvalue weighted by Gasteiger charge is 2.25. The molecule has 2 atom stereocenters. The minimum absolute atomic E-state index is 0. The number of ether oxygens (including phenoxy) is 1. The average molecular weight is 545 g/mol. The van der Waals surface area contributed by atoms with Crippen LogP contribution in [0.1, 0.15) is 35.1 Å². The summed E-state index contributed by atoms with van der Waals surface area (Å²) in [5.41, 5.74) is 4.77. The molecule has 0 aromatic heterocycles. The van der Waals surface area contributed by atoms with E-state index in [0.717, 1.165) is 43.5 Å². The van der Waals surface area contributed by atoms with E-state index >= 15 is 0 Å². The van der Waals surface area contributed by atoms with Crippen LogP contribution < -0.4 is 9.46 Å². The summed E-state index contributed by atoms with van der Waals surface area (Å²) in [6.45, 7) is 1.79. The van der Waals surface area contributed by atoms with E-state index in [1.165, 1.54) is 22.9 Å². The summed E-state index contributed by atoms with van der Waals surface area (Å²) in [5.74, 6) is 0.754. The highest BCUT2D eigenvalue weighted by molar-refractivity contribution is 7.88. The van der Waals surface area contributed by atoms with Gasteiger partial charge in [0.25, 0.3) is 0 Å². The Hall–Kier alpha value is -2.42. The Labute approximate surface area is 227 Å². The molecule has 2 N–H and O–H groups in total. The fraction of sp³-hybridized carbons (Fsp3) is 0.379. The van der Waals surface area contributed by atoms with Crippen LogP contribution in [-0.2, 0) is 36.0 Å². The topological polar surface area (TPSA) is 78.9 Å². The fourth-order valence-electron chi connectivity index (χ4n) is 4.83. The minimum atomic E-state index is -3.25. The molecular weight excluding hydrogens is 508 g/mol. The number of aryl methyl sites for hydroxylation is 1. The van der Waals surface area contributed by atoms with Gasteiger partial charge in [0.1, 0.15) is 18.5 Å². The van der Waals surface area contributed by atoms with Crippen molar-refractivity contribution in [3.05, 3.63) is 101 Å². The standard InChI is InChI=1S/C29H36N2O4S.ClH/c1-36(33,34)30-19-24-15-16-25-11-8-12-27(18-26(25)17-24)31(20-23-9-4-2-5-10-23)21-28(32)22-35-29-13-6-3-7-14-29;/h2-7,9-10,13-17,27-28,30,32H,8,11-12,18-22H2,1H3;1H/t27?,28-;/m0./s1. The number of halogens is 1. The molecule has 0 spiro atoms. The Kier molecular flexibility index (Phi) is 11.0. The zero-order valence-corrected chi connectivity index (χ0v) is 22.9. The summed E-state index contributed by atoms with van der Waals surface area (Å²) in [4.78, 5) is 2.38. The molecular formula is C29H37ClN2O4S. The maximum absolute atomic E-state index is 11.6. The highest BCUT2D eigenvalue weighted by atomic mass is 35.5. The normalized spacial score (nSPS) is 16.4. The van der Waals surface area contributed by atoms with Crippen molar-refractivity contribution in [1.82, 2.24) is 9.62 Å². The summed E-state index contributed by atoms with van der Waals surface area (Å²) < 4.78 is 31.5. The van der Waals surface area contributed by atoms with E-state index in [2.05, 4.69) is 33.9 Å². The second-order valence-electron chi connectivity index (χ2n) is 9.64. The van der Waals surface area contributed by atoms with Gasteiger partial charge in [-0.15, -0.1) is 12.4 Å². The molecule has 4 rings (SSSR count). The lowest BCUT2D eigenvalue weighted by atomic mass is 9.98. The van der Waals surface area contributed by atoms with Gasteiger partial charge in [-0.2, -0.15) is 0 Å². The molecule has 3 aromatic rings. The quantitative estimate of drug-likeness (QED) is 0.351. The molecule has 200 valence electrons. The second-order valence-corrected chi connectivity index (χ2v) is 11.5. The first-order valence-electron chi connectivity index (χ1n) is 12.5. The molecule has 0 fully saturated rings. The molecule has 0 saturated heterocycles. The van der Waals surface area contributed by atoms with Crippen molar-refractivity contribution in [3.63, 3.8) is 0 Å². The molecule has 37 heavy (non-hydrogen) atoms. The smallest absolute Gasteiger partial charge is 0.209 e. The van der Waals surface area contributed by atoms with Crippen molar-refractivity contribution < 1.29 is 18.3 Å². The highest BCUT2D eigenvalue weighted by Crippen LogP contribution is 2.26. The van der Waals surface area contributed by atoms with E-state index in [-0.39, 0.29) is 25.1 Å². The SMILES string of the molecule is CS(=O)(=O)NCc1ccc2c(c1)CC(N(Cc1ccccc1)C[C@H](O)COc1ccccc1)CCC2.Cl. The number of hydrogen-bond donors (Lipinski definition) is 2. The van der Waals surface area contributed by atoms with Crippen LogP contribution in [0.15, 0.2) is 78.9 Å². The predicted molar refractivity (Wildman–Crippen MR) is 151 cm³/mol. The number of nitrogens with zero attached hydrogens (tertiary/aromatic N) is 1. The van der Waals surface area contributed by atoms with Gasteiger partial charge in [-0.25, -0.2) is 13.1 Å². The van der Waals surface area contributed by atoms with Gasteiger partial charge in [0.05, 0.1) is 6.26 Å². The molecule has 0 saturated carbocycles. The van der Waals surface area contributed by atoms with Crippen LogP contribution in [0, 0.1) is 0 Å². The van der Waals surface area contributed by atoms with Crippen LogP contribution in [0.5, 0.6) is 5.75 Å². The van der Waals surface area contributed by atoms with E-state index in [9.17, 15) is 13.5 Å². The summed E-state index contributed by atoms with van der Waals surface area (Å²) in [6.07, 6.45) is 4.53. The maximum atomic E-state index is 11.6. The maximum Gasteiger partial charge on any atom is 0.209 e. The fourth-order valence-corrected chi connectivity index (χ4v) is 5.26. The van der Waals surface area contributed by atoms with E-state index in [1.807, 2.05) is 54.6 Å². The van der Waals surface area contributed by atoms with Crippen molar-refractivity contribution in [1.29, 1.82) is 0 Å². The van der Waals surface area contributed by atoms with E-state index < -0.39 is 16.1 Å². The number of aliphatic hydroxyl groups excluding tert-OH is 1. The number of benzene rings is 3. The first-order chi connectivity index (χ1) is 17.4. The van der Waals surface area contributed by atoms with Gasteiger partial charge in [0.15, 0.2) is 0 Å². The Balaban J connectivity index is 0.00000380. The van der Waals surface area contributed by atoms with Crippen LogP contribution in [0.3, 0.4) is 0 Å². The number of sulfonamides is 1. The second kappa shape index (κ2) is 13.9. The minimum Gasteiger partial charge on any atom is -0.491 e. The van der Waals surface area contributed by atoms with Crippen LogP contribution >= 0.6 is 12.4 Å². The van der Waals surface area contributed by atoms with Crippen LogP contribution in [0.25, 0.3) is 0 Å². The monoisotopic (exact) mass is 544 g/mol. The summed E-state index contributed by atoms with van der Waals surface area (Å²) >= 11 is 0. The van der Waals surface area contributed by atoms with Gasteiger partial charge >= 0.3 is 0 Å². The summed E-state index contributed by atoms with van der Waals surface area (Å²) in [5, 5.41) is 10.9. The van der Waals surface area contributed by atoms with Gasteiger partial charge in [-0.3, -0.25) is 4.90 Å². The summed E-state index contributed by atoms with van der Waals surface area (Å²) in [6, 6.07) is 26.5. The van der Waals surface area contributed by atoms with Crippen molar-refractivity contribution in [2.75, 3.05) is 19.4 Å². The number of fused-ring (bicyclic) bond motifs is 1. The average Bonchev–Trinajstić information content (AvgIpc) is 3.09. The third-order valence-corrected chi connectivity index (χ3v) is 7.29. The first kappa shape index (κ1) is 29.1. The lowest BCUT2D eigenvalue weighted by Gasteiger charge is -2.33. The Morgan fingerprint density at radius 3 is 2.41 bits per heavy atom.